The summed E-state index contributed by atoms with van der Waals surface area (Å²) in [7, 11) is 0. The summed E-state index contributed by atoms with van der Waals surface area (Å²) in [6, 6.07) is 50.2. The van der Waals surface area contributed by atoms with Crippen molar-refractivity contribution in [2.24, 2.45) is 0 Å². The van der Waals surface area contributed by atoms with Gasteiger partial charge in [0.1, 0.15) is 0 Å². The predicted octanol–water partition coefficient (Wildman–Crippen LogP) is 10.3. The van der Waals surface area contributed by atoms with Gasteiger partial charge in [-0.15, -0.1) is 11.3 Å². The molecule has 36 heavy (non-hydrogen) atoms. The van der Waals surface area contributed by atoms with E-state index in [2.05, 4.69) is 144 Å². The minimum absolute atomic E-state index is 1.14. The Balaban J connectivity index is 1.41. The van der Waals surface area contributed by atoms with Crippen LogP contribution in [-0.2, 0) is 0 Å². The van der Waals surface area contributed by atoms with E-state index in [1.165, 1.54) is 42.1 Å². The van der Waals surface area contributed by atoms with Crippen LogP contribution in [0.3, 0.4) is 0 Å². The lowest BCUT2D eigenvalue weighted by molar-refractivity contribution is 1.29. The van der Waals surface area contributed by atoms with E-state index in [4.69, 9.17) is 0 Å². The number of anilines is 3. The monoisotopic (exact) mass is 477 g/mol. The molecule has 2 heteroatoms. The molecule has 0 radical (unpaired) electrons. The molecule has 1 nitrogen and oxygen atoms in total. The van der Waals surface area contributed by atoms with Gasteiger partial charge in [-0.2, -0.15) is 0 Å². The Morgan fingerprint density at radius 2 is 1.14 bits per heavy atom. The Hall–Kier alpha value is -4.40. The number of rotatable bonds is 4. The molecule has 7 aromatic rings. The average Bonchev–Trinajstić information content (AvgIpc) is 3.33. The number of hydrogen-bond donors (Lipinski definition) is 0. The van der Waals surface area contributed by atoms with E-state index in [9.17, 15) is 0 Å². The summed E-state index contributed by atoms with van der Waals surface area (Å²) in [5.74, 6) is 0. The maximum absolute atomic E-state index is 2.35. The van der Waals surface area contributed by atoms with Gasteiger partial charge >= 0.3 is 0 Å². The van der Waals surface area contributed by atoms with E-state index < -0.39 is 0 Å². The highest BCUT2D eigenvalue weighted by atomic mass is 32.1. The molecule has 0 unspecified atom stereocenters. The molecule has 0 N–H and O–H groups in total. The third-order valence-electron chi connectivity index (χ3n) is 6.83. The van der Waals surface area contributed by atoms with Crippen LogP contribution in [-0.4, -0.2) is 0 Å². The van der Waals surface area contributed by atoms with Crippen LogP contribution in [0.1, 0.15) is 0 Å². The lowest BCUT2D eigenvalue weighted by Crippen LogP contribution is -2.09. The van der Waals surface area contributed by atoms with E-state index >= 15 is 0 Å². The fourth-order valence-electron chi connectivity index (χ4n) is 5.13. The Labute approximate surface area is 214 Å². The standard InChI is InChI=1S/C34H23NS/c1-2-13-27(14-3-1)35(29-21-20-24-10-4-5-11-25(24)22-29)28-15-8-12-26(23-28)30-17-9-18-32-31-16-6-7-19-33(31)36-34(30)32/h1-23H. The zero-order valence-electron chi connectivity index (χ0n) is 19.6. The summed E-state index contributed by atoms with van der Waals surface area (Å²) in [5.41, 5.74) is 5.95. The number of benzene rings is 6. The summed E-state index contributed by atoms with van der Waals surface area (Å²) in [6.45, 7) is 0. The van der Waals surface area contributed by atoms with Gasteiger partial charge in [-0.1, -0.05) is 97.1 Å². The van der Waals surface area contributed by atoms with Crippen LogP contribution in [0.15, 0.2) is 140 Å². The Bertz CT molecular complexity index is 1850. The fraction of sp³-hybridized carbons (Fsp3) is 0. The first-order valence-electron chi connectivity index (χ1n) is 12.2. The topological polar surface area (TPSA) is 3.24 Å². The summed E-state index contributed by atoms with van der Waals surface area (Å²) >= 11 is 1.88. The van der Waals surface area contributed by atoms with Gasteiger partial charge in [0, 0.05) is 37.2 Å². The van der Waals surface area contributed by atoms with E-state index in [0.717, 1.165) is 17.1 Å². The summed E-state index contributed by atoms with van der Waals surface area (Å²) in [5, 5.41) is 5.15. The van der Waals surface area contributed by atoms with Crippen LogP contribution in [0.5, 0.6) is 0 Å². The van der Waals surface area contributed by atoms with E-state index in [1.807, 2.05) is 11.3 Å². The molecule has 6 aromatic carbocycles. The van der Waals surface area contributed by atoms with Gasteiger partial charge in [0.2, 0.25) is 0 Å². The highest BCUT2D eigenvalue weighted by molar-refractivity contribution is 7.26. The third-order valence-corrected chi connectivity index (χ3v) is 8.05. The second kappa shape index (κ2) is 8.67. The number of thiophene rings is 1. The molecule has 0 saturated carbocycles. The van der Waals surface area contributed by atoms with Crippen molar-refractivity contribution in [3.05, 3.63) is 140 Å². The van der Waals surface area contributed by atoms with Crippen molar-refractivity contribution in [1.82, 2.24) is 0 Å². The van der Waals surface area contributed by atoms with Gasteiger partial charge in [-0.25, -0.2) is 0 Å². The molecule has 0 fully saturated rings. The Morgan fingerprint density at radius 1 is 0.444 bits per heavy atom. The second-order valence-electron chi connectivity index (χ2n) is 9.03. The van der Waals surface area contributed by atoms with E-state index in [0.29, 0.717) is 0 Å². The van der Waals surface area contributed by atoms with Crippen LogP contribution < -0.4 is 4.90 Å². The van der Waals surface area contributed by atoms with E-state index in [1.54, 1.807) is 0 Å². The first kappa shape index (κ1) is 20.9. The highest BCUT2D eigenvalue weighted by Gasteiger charge is 2.15. The molecule has 0 bridgehead atoms. The molecule has 0 saturated heterocycles. The van der Waals surface area contributed by atoms with Crippen molar-refractivity contribution < 1.29 is 0 Å². The fourth-order valence-corrected chi connectivity index (χ4v) is 6.37. The van der Waals surface area contributed by atoms with Crippen molar-refractivity contribution in [2.75, 3.05) is 4.90 Å². The van der Waals surface area contributed by atoms with Crippen molar-refractivity contribution >= 4 is 59.3 Å². The SMILES string of the molecule is c1ccc(N(c2cccc(-c3cccc4c3sc3ccccc34)c2)c2ccc3ccccc3c2)cc1. The molecule has 7 rings (SSSR count). The maximum atomic E-state index is 2.35. The minimum Gasteiger partial charge on any atom is -0.310 e. The van der Waals surface area contributed by atoms with Gasteiger partial charge in [0.15, 0.2) is 0 Å². The predicted molar refractivity (Wildman–Crippen MR) is 157 cm³/mol. The number of nitrogens with zero attached hydrogens (tertiary/aromatic N) is 1. The van der Waals surface area contributed by atoms with Gasteiger partial charge < -0.3 is 4.90 Å². The maximum Gasteiger partial charge on any atom is 0.0468 e. The van der Waals surface area contributed by atoms with Crippen molar-refractivity contribution in [3.8, 4) is 11.1 Å². The van der Waals surface area contributed by atoms with Gasteiger partial charge in [-0.3, -0.25) is 0 Å². The molecule has 0 spiro atoms. The third kappa shape index (κ3) is 3.55. The number of fused-ring (bicyclic) bond motifs is 4. The molecular formula is C34H23NS. The number of para-hydroxylation sites is 1. The van der Waals surface area contributed by atoms with Crippen LogP contribution in [0.25, 0.3) is 42.1 Å². The Kier molecular flexibility index (Phi) is 5.04. The number of hydrogen-bond acceptors (Lipinski definition) is 2. The smallest absolute Gasteiger partial charge is 0.0468 e. The van der Waals surface area contributed by atoms with Crippen molar-refractivity contribution in [2.45, 2.75) is 0 Å². The molecule has 0 amide bonds. The molecule has 0 aliphatic rings. The molecule has 0 aliphatic carbocycles. The highest BCUT2D eigenvalue weighted by Crippen LogP contribution is 2.42. The summed E-state index contributed by atoms with van der Waals surface area (Å²) in [4.78, 5) is 2.35. The normalized spacial score (nSPS) is 11.3. The second-order valence-corrected chi connectivity index (χ2v) is 10.1. The molecular weight excluding hydrogens is 454 g/mol. The zero-order chi connectivity index (χ0) is 23.9. The molecule has 170 valence electrons. The first-order chi connectivity index (χ1) is 17.8. The molecule has 1 aromatic heterocycles. The summed E-state index contributed by atoms with van der Waals surface area (Å²) < 4.78 is 2.67. The summed E-state index contributed by atoms with van der Waals surface area (Å²) in [6.07, 6.45) is 0. The zero-order valence-corrected chi connectivity index (χ0v) is 20.5. The van der Waals surface area contributed by atoms with Crippen LogP contribution in [0.2, 0.25) is 0 Å². The first-order valence-corrected chi connectivity index (χ1v) is 13.0. The van der Waals surface area contributed by atoms with Crippen LogP contribution >= 0.6 is 11.3 Å². The van der Waals surface area contributed by atoms with E-state index in [-0.39, 0.29) is 0 Å². The quantitative estimate of drug-likeness (QED) is 0.244. The molecule has 1 heterocycles. The Morgan fingerprint density at radius 3 is 2.06 bits per heavy atom. The lowest BCUT2D eigenvalue weighted by atomic mass is 10.0. The van der Waals surface area contributed by atoms with Gasteiger partial charge in [-0.05, 0) is 64.4 Å². The largest absolute Gasteiger partial charge is 0.310 e. The average molecular weight is 478 g/mol. The lowest BCUT2D eigenvalue weighted by Gasteiger charge is -2.26. The van der Waals surface area contributed by atoms with Crippen LogP contribution in [0.4, 0.5) is 17.1 Å². The van der Waals surface area contributed by atoms with Crippen molar-refractivity contribution in [3.63, 3.8) is 0 Å². The van der Waals surface area contributed by atoms with Gasteiger partial charge in [0.05, 0.1) is 0 Å². The van der Waals surface area contributed by atoms with Crippen LogP contribution in [0, 0.1) is 0 Å². The van der Waals surface area contributed by atoms with Gasteiger partial charge in [0.25, 0.3) is 0 Å². The van der Waals surface area contributed by atoms with Crippen molar-refractivity contribution in [1.29, 1.82) is 0 Å². The molecule has 0 aliphatic heterocycles. The minimum atomic E-state index is 1.14. The molecule has 0 atom stereocenters.